The van der Waals surface area contributed by atoms with Crippen molar-refractivity contribution in [2.24, 2.45) is 0 Å². The summed E-state index contributed by atoms with van der Waals surface area (Å²) in [6, 6.07) is 13.5. The summed E-state index contributed by atoms with van der Waals surface area (Å²) < 4.78 is 0. The van der Waals surface area contributed by atoms with Crippen LogP contribution in [-0.2, 0) is 16.5 Å². The normalized spacial score (nSPS) is 10.9. The van der Waals surface area contributed by atoms with E-state index in [1.165, 1.54) is 33.6 Å². The third-order valence-electron chi connectivity index (χ3n) is 6.34. The number of anilines is 2. The van der Waals surface area contributed by atoms with Crippen molar-refractivity contribution >= 4 is 11.4 Å². The zero-order valence-corrected chi connectivity index (χ0v) is 25.6. The van der Waals surface area contributed by atoms with E-state index < -0.39 is 0 Å². The number of likely N-dealkylation sites (N-methyl/N-ethyl adjacent to an activating group) is 1. The van der Waals surface area contributed by atoms with Crippen LogP contribution in [0, 0.1) is 0 Å². The summed E-state index contributed by atoms with van der Waals surface area (Å²) in [7, 11) is 2.22. The topological polar surface area (TPSA) is 27.3 Å². The van der Waals surface area contributed by atoms with Gasteiger partial charge in [-0.2, -0.15) is 0 Å². The molecule has 0 amide bonds. The minimum atomic E-state index is 0. The van der Waals surface area contributed by atoms with Gasteiger partial charge in [-0.15, -0.1) is 0 Å². The van der Waals surface area contributed by atoms with Crippen LogP contribution in [0.25, 0.3) is 0 Å². The molecule has 0 aliphatic rings. The molecule has 0 heterocycles. The fraction of sp³-hybridized carbons (Fsp3) is 0.586. The van der Waals surface area contributed by atoms with Gasteiger partial charge in [0.15, 0.2) is 0 Å². The SMILES string of the molecule is CC(C)c1cccc(C(C)C)c1NCCN(C)CCNc1c(C(C)C)cccc1C(C)C.[Cl-].[Cl-].[Ni+2]. The van der Waals surface area contributed by atoms with E-state index in [0.29, 0.717) is 23.7 Å². The summed E-state index contributed by atoms with van der Waals surface area (Å²) in [5.74, 6) is 2.09. The summed E-state index contributed by atoms with van der Waals surface area (Å²) in [6.07, 6.45) is 0. The van der Waals surface area contributed by atoms with Gasteiger partial charge >= 0.3 is 16.5 Å². The predicted octanol–water partition coefficient (Wildman–Crippen LogP) is 1.64. The first-order chi connectivity index (χ1) is 15.1. The smallest absolute Gasteiger partial charge is 1.00 e. The number of rotatable bonds is 12. The molecule has 0 aliphatic heterocycles. The maximum absolute atomic E-state index is 3.77. The molecule has 0 saturated carbocycles. The van der Waals surface area contributed by atoms with Gasteiger partial charge < -0.3 is 40.3 Å². The average molecular weight is 567 g/mol. The van der Waals surface area contributed by atoms with E-state index in [0.717, 1.165) is 26.2 Å². The van der Waals surface area contributed by atoms with Gasteiger partial charge in [0.05, 0.1) is 0 Å². The monoisotopic (exact) mass is 565 g/mol. The molecule has 202 valence electrons. The number of nitrogens with one attached hydrogen (secondary N) is 2. The zero-order chi connectivity index (χ0) is 23.8. The Hall–Kier alpha value is -0.926. The van der Waals surface area contributed by atoms with Crippen molar-refractivity contribution in [2.75, 3.05) is 43.9 Å². The molecule has 0 atom stereocenters. The van der Waals surface area contributed by atoms with Crippen LogP contribution in [0.1, 0.15) is 101 Å². The van der Waals surface area contributed by atoms with E-state index in [9.17, 15) is 0 Å². The van der Waals surface area contributed by atoms with Gasteiger partial charge in [-0.3, -0.25) is 0 Å². The molecule has 0 bridgehead atoms. The van der Waals surface area contributed by atoms with E-state index >= 15 is 0 Å². The fourth-order valence-electron chi connectivity index (χ4n) is 4.37. The third-order valence-corrected chi connectivity index (χ3v) is 6.34. The van der Waals surface area contributed by atoms with Crippen molar-refractivity contribution in [2.45, 2.75) is 79.1 Å². The number of halogens is 2. The molecule has 0 fully saturated rings. The maximum Gasteiger partial charge on any atom is 2.00 e. The van der Waals surface area contributed by atoms with Crippen molar-refractivity contribution in [3.8, 4) is 0 Å². The molecule has 6 heteroatoms. The standard InChI is InChI=1S/C29H47N3.2ClH.Ni/c1-20(2)24-12-10-13-25(21(3)4)28(24)30-16-18-32(9)19-17-31-29-26(22(5)6)14-11-15-27(29)23(7)8;;;/h10-15,20-23,30-31H,16-19H2,1-9H3;2*1H;/q;;;+2/p-2. The van der Waals surface area contributed by atoms with Gasteiger partial charge in [0, 0.05) is 37.6 Å². The second-order valence-electron chi connectivity index (χ2n) is 10.4. The fourth-order valence-corrected chi connectivity index (χ4v) is 4.37. The van der Waals surface area contributed by atoms with E-state index in [4.69, 9.17) is 0 Å². The largest absolute Gasteiger partial charge is 2.00 e. The molecule has 0 radical (unpaired) electrons. The maximum atomic E-state index is 3.77. The van der Waals surface area contributed by atoms with Crippen LogP contribution in [0.5, 0.6) is 0 Å². The Balaban J connectivity index is 0. The third kappa shape index (κ3) is 10.5. The summed E-state index contributed by atoms with van der Waals surface area (Å²) in [4.78, 5) is 2.42. The van der Waals surface area contributed by atoms with Crippen LogP contribution < -0.4 is 35.4 Å². The first-order valence-electron chi connectivity index (χ1n) is 12.5. The molecule has 0 aromatic heterocycles. The molecule has 2 rings (SSSR count). The second-order valence-corrected chi connectivity index (χ2v) is 10.4. The number of benzene rings is 2. The minimum Gasteiger partial charge on any atom is -1.00 e. The van der Waals surface area contributed by atoms with E-state index in [-0.39, 0.29) is 41.3 Å². The van der Waals surface area contributed by atoms with Crippen LogP contribution in [0.3, 0.4) is 0 Å². The van der Waals surface area contributed by atoms with Crippen molar-refractivity contribution in [1.82, 2.24) is 4.90 Å². The Morgan fingerprint density at radius 1 is 0.571 bits per heavy atom. The zero-order valence-electron chi connectivity index (χ0n) is 23.1. The van der Waals surface area contributed by atoms with E-state index in [1.807, 2.05) is 0 Å². The first-order valence-corrected chi connectivity index (χ1v) is 12.5. The number of hydrogen-bond donors (Lipinski definition) is 2. The molecular weight excluding hydrogens is 520 g/mol. The first kappa shape index (κ1) is 36.2. The Bertz CT molecular complexity index is 732. The van der Waals surface area contributed by atoms with Gasteiger partial charge in [-0.05, 0) is 53.0 Å². The Morgan fingerprint density at radius 2 is 0.829 bits per heavy atom. The van der Waals surface area contributed by atoms with Gasteiger partial charge in [0.1, 0.15) is 0 Å². The van der Waals surface area contributed by atoms with Crippen molar-refractivity contribution < 1.29 is 41.3 Å². The number of nitrogens with zero attached hydrogens (tertiary/aromatic N) is 1. The van der Waals surface area contributed by atoms with Gasteiger partial charge in [-0.25, -0.2) is 0 Å². The van der Waals surface area contributed by atoms with E-state index in [2.05, 4.69) is 114 Å². The van der Waals surface area contributed by atoms with Crippen LogP contribution in [0.4, 0.5) is 11.4 Å². The Labute approximate surface area is 238 Å². The van der Waals surface area contributed by atoms with Crippen molar-refractivity contribution in [3.63, 3.8) is 0 Å². The quantitative estimate of drug-likeness (QED) is 0.383. The van der Waals surface area contributed by atoms with E-state index in [1.54, 1.807) is 0 Å². The van der Waals surface area contributed by atoms with Crippen LogP contribution in [0.2, 0.25) is 0 Å². The summed E-state index contributed by atoms with van der Waals surface area (Å²) in [6.45, 7) is 22.2. The molecule has 35 heavy (non-hydrogen) atoms. The molecule has 0 aliphatic carbocycles. The summed E-state index contributed by atoms with van der Waals surface area (Å²) in [5.41, 5.74) is 8.38. The molecule has 2 aromatic rings. The Kier molecular flexibility index (Phi) is 18.1. The average Bonchev–Trinajstić information content (AvgIpc) is 2.73. The van der Waals surface area contributed by atoms with Crippen LogP contribution in [-0.4, -0.2) is 38.1 Å². The number of para-hydroxylation sites is 2. The minimum absolute atomic E-state index is 0. The molecule has 2 aromatic carbocycles. The van der Waals surface area contributed by atoms with Crippen LogP contribution in [0.15, 0.2) is 36.4 Å². The Morgan fingerprint density at radius 3 is 1.06 bits per heavy atom. The second kappa shape index (κ2) is 17.5. The summed E-state index contributed by atoms with van der Waals surface area (Å²) in [5, 5.41) is 7.54. The van der Waals surface area contributed by atoms with Gasteiger partial charge in [0.2, 0.25) is 0 Å². The van der Waals surface area contributed by atoms with Gasteiger partial charge in [-0.1, -0.05) is 91.8 Å². The molecule has 2 N–H and O–H groups in total. The van der Waals surface area contributed by atoms with Crippen molar-refractivity contribution in [1.29, 1.82) is 0 Å². The van der Waals surface area contributed by atoms with Crippen LogP contribution >= 0.6 is 0 Å². The van der Waals surface area contributed by atoms with Gasteiger partial charge in [0.25, 0.3) is 0 Å². The number of hydrogen-bond acceptors (Lipinski definition) is 3. The van der Waals surface area contributed by atoms with Crippen molar-refractivity contribution in [3.05, 3.63) is 58.7 Å². The molecular formula is C29H47Cl2N3Ni. The molecule has 3 nitrogen and oxygen atoms in total. The predicted molar refractivity (Wildman–Crippen MR) is 144 cm³/mol. The molecule has 0 saturated heterocycles. The molecule has 0 spiro atoms. The molecule has 0 unspecified atom stereocenters. The summed E-state index contributed by atoms with van der Waals surface area (Å²) >= 11 is 0.